The molecule has 2 rings (SSSR count). The van der Waals surface area contributed by atoms with E-state index in [0.29, 0.717) is 0 Å². The number of allylic oxidation sites excluding steroid dienone is 8. The van der Waals surface area contributed by atoms with Gasteiger partial charge in [0.25, 0.3) is 0 Å². The molecule has 0 aromatic rings. The predicted molar refractivity (Wildman–Crippen MR) is 78.0 cm³/mol. The Morgan fingerprint density at radius 2 is 2.06 bits per heavy atom. The SMILES string of the molecule is CSN1CCCC1CCC1=CC=CC=CC=C1. The van der Waals surface area contributed by atoms with Crippen molar-refractivity contribution in [1.29, 1.82) is 0 Å². The van der Waals surface area contributed by atoms with Gasteiger partial charge in [-0.1, -0.05) is 54.5 Å². The first-order chi connectivity index (χ1) is 8.40. The molecule has 0 N–H and O–H groups in total. The van der Waals surface area contributed by atoms with Gasteiger partial charge < -0.3 is 0 Å². The Labute approximate surface area is 109 Å². The summed E-state index contributed by atoms with van der Waals surface area (Å²) >= 11 is 1.91. The first kappa shape index (κ1) is 12.7. The summed E-state index contributed by atoms with van der Waals surface area (Å²) in [5.74, 6) is 0. The molecule has 92 valence electrons. The molecule has 0 amide bonds. The third-order valence-electron chi connectivity index (χ3n) is 3.39. The van der Waals surface area contributed by atoms with E-state index in [4.69, 9.17) is 0 Å². The summed E-state index contributed by atoms with van der Waals surface area (Å²) in [7, 11) is 0. The molecule has 0 bridgehead atoms. The third kappa shape index (κ3) is 3.90. The summed E-state index contributed by atoms with van der Waals surface area (Å²) in [4.78, 5) is 0. The molecule has 0 radical (unpaired) electrons. The third-order valence-corrected chi connectivity index (χ3v) is 4.34. The molecular weight excluding hydrogens is 226 g/mol. The van der Waals surface area contributed by atoms with Gasteiger partial charge in [0.1, 0.15) is 0 Å². The number of nitrogens with zero attached hydrogens (tertiary/aromatic N) is 1. The fourth-order valence-electron chi connectivity index (χ4n) is 2.44. The van der Waals surface area contributed by atoms with Gasteiger partial charge in [-0.25, -0.2) is 4.31 Å². The van der Waals surface area contributed by atoms with Crippen molar-refractivity contribution in [2.45, 2.75) is 31.7 Å². The van der Waals surface area contributed by atoms with Gasteiger partial charge in [0, 0.05) is 12.6 Å². The molecule has 1 atom stereocenters. The van der Waals surface area contributed by atoms with Crippen molar-refractivity contribution in [3.05, 3.63) is 48.1 Å². The second-order valence-electron chi connectivity index (χ2n) is 4.53. The van der Waals surface area contributed by atoms with E-state index in [1.165, 1.54) is 37.8 Å². The molecule has 1 nitrogen and oxygen atoms in total. The lowest BCUT2D eigenvalue weighted by molar-refractivity contribution is 0.413. The van der Waals surface area contributed by atoms with Crippen molar-refractivity contribution < 1.29 is 0 Å². The second-order valence-corrected chi connectivity index (χ2v) is 5.36. The minimum Gasteiger partial charge on any atom is -0.248 e. The minimum absolute atomic E-state index is 0.782. The number of hydrogen-bond acceptors (Lipinski definition) is 2. The van der Waals surface area contributed by atoms with Crippen LogP contribution in [0.25, 0.3) is 0 Å². The van der Waals surface area contributed by atoms with Gasteiger partial charge >= 0.3 is 0 Å². The maximum atomic E-state index is 2.54. The molecule has 2 heteroatoms. The maximum absolute atomic E-state index is 2.54. The van der Waals surface area contributed by atoms with Gasteiger partial charge in [-0.15, -0.1) is 0 Å². The van der Waals surface area contributed by atoms with E-state index in [1.54, 1.807) is 0 Å². The van der Waals surface area contributed by atoms with Crippen LogP contribution in [0.3, 0.4) is 0 Å². The fraction of sp³-hybridized carbons (Fsp3) is 0.467. The van der Waals surface area contributed by atoms with E-state index in [-0.39, 0.29) is 0 Å². The van der Waals surface area contributed by atoms with Crippen LogP contribution in [0.2, 0.25) is 0 Å². The molecule has 0 aromatic carbocycles. The molecule has 1 heterocycles. The lowest BCUT2D eigenvalue weighted by Gasteiger charge is -2.21. The minimum atomic E-state index is 0.782. The normalized spacial score (nSPS) is 24.8. The molecule has 2 aliphatic rings. The first-order valence-electron chi connectivity index (χ1n) is 6.41. The standard InChI is InChI=1S/C15H21NS/c1-17-16-13-7-10-15(16)12-11-14-8-5-3-2-4-6-9-14/h2-6,8-9,15H,7,10-13H2,1H3. The Balaban J connectivity index is 1.85. The second kappa shape index (κ2) is 6.87. The highest BCUT2D eigenvalue weighted by atomic mass is 32.2. The van der Waals surface area contributed by atoms with E-state index < -0.39 is 0 Å². The quantitative estimate of drug-likeness (QED) is 0.688. The Morgan fingerprint density at radius 3 is 2.94 bits per heavy atom. The molecule has 0 aromatic heterocycles. The zero-order valence-corrected chi connectivity index (χ0v) is 11.3. The van der Waals surface area contributed by atoms with E-state index in [0.717, 1.165) is 6.04 Å². The van der Waals surface area contributed by atoms with Crippen LogP contribution in [0, 0.1) is 0 Å². The maximum Gasteiger partial charge on any atom is 0.0206 e. The number of rotatable bonds is 4. The Hall–Kier alpha value is -0.730. The van der Waals surface area contributed by atoms with Crippen molar-refractivity contribution in [1.82, 2.24) is 4.31 Å². The molecule has 1 aliphatic carbocycles. The summed E-state index contributed by atoms with van der Waals surface area (Å²) < 4.78 is 2.54. The van der Waals surface area contributed by atoms with Gasteiger partial charge in [0.15, 0.2) is 0 Å². The van der Waals surface area contributed by atoms with Crippen LogP contribution in [-0.2, 0) is 0 Å². The van der Waals surface area contributed by atoms with Crippen molar-refractivity contribution >= 4 is 11.9 Å². The average molecular weight is 247 g/mol. The summed E-state index contributed by atoms with van der Waals surface area (Å²) in [5, 5.41) is 0. The highest BCUT2D eigenvalue weighted by molar-refractivity contribution is 7.96. The van der Waals surface area contributed by atoms with Gasteiger partial charge in [-0.3, -0.25) is 0 Å². The topological polar surface area (TPSA) is 3.24 Å². The van der Waals surface area contributed by atoms with Crippen LogP contribution >= 0.6 is 11.9 Å². The molecule has 17 heavy (non-hydrogen) atoms. The van der Waals surface area contributed by atoms with Crippen molar-refractivity contribution in [3.63, 3.8) is 0 Å². The molecular formula is C15H21NS. The summed E-state index contributed by atoms with van der Waals surface area (Å²) in [6, 6.07) is 0.782. The monoisotopic (exact) mass is 247 g/mol. The Bertz CT molecular complexity index is 352. The molecule has 1 aliphatic heterocycles. The zero-order valence-electron chi connectivity index (χ0n) is 10.5. The average Bonchev–Trinajstić information content (AvgIpc) is 2.75. The van der Waals surface area contributed by atoms with Gasteiger partial charge in [-0.2, -0.15) is 0 Å². The van der Waals surface area contributed by atoms with Gasteiger partial charge in [-0.05, 0) is 37.5 Å². The first-order valence-corrected chi connectivity index (χ1v) is 7.59. The molecule has 1 unspecified atom stereocenters. The van der Waals surface area contributed by atoms with Crippen molar-refractivity contribution in [2.24, 2.45) is 0 Å². The summed E-state index contributed by atoms with van der Waals surface area (Å²) in [6.07, 6.45) is 22.4. The van der Waals surface area contributed by atoms with E-state index in [9.17, 15) is 0 Å². The molecule has 0 spiro atoms. The van der Waals surface area contributed by atoms with Crippen LogP contribution in [0.5, 0.6) is 0 Å². The lowest BCUT2D eigenvalue weighted by atomic mass is 10.0. The predicted octanol–water partition coefficient (Wildman–Crippen LogP) is 4.12. The van der Waals surface area contributed by atoms with E-state index in [1.807, 2.05) is 11.9 Å². The van der Waals surface area contributed by atoms with Gasteiger partial charge in [0.2, 0.25) is 0 Å². The molecule has 0 saturated carbocycles. The fourth-order valence-corrected chi connectivity index (χ4v) is 3.26. The van der Waals surface area contributed by atoms with Crippen LogP contribution < -0.4 is 0 Å². The summed E-state index contributed by atoms with van der Waals surface area (Å²) in [5.41, 5.74) is 1.44. The molecule has 1 saturated heterocycles. The van der Waals surface area contributed by atoms with Crippen LogP contribution in [0.1, 0.15) is 25.7 Å². The highest BCUT2D eigenvalue weighted by Gasteiger charge is 2.23. The smallest absolute Gasteiger partial charge is 0.0206 e. The van der Waals surface area contributed by atoms with E-state index in [2.05, 4.69) is 53.1 Å². The van der Waals surface area contributed by atoms with Crippen LogP contribution in [0.4, 0.5) is 0 Å². The van der Waals surface area contributed by atoms with Gasteiger partial charge in [0.05, 0.1) is 0 Å². The summed E-state index contributed by atoms with van der Waals surface area (Å²) in [6.45, 7) is 1.27. The Morgan fingerprint density at radius 1 is 1.24 bits per heavy atom. The van der Waals surface area contributed by atoms with Crippen molar-refractivity contribution in [2.75, 3.05) is 12.8 Å². The Kier molecular flexibility index (Phi) is 5.14. The highest BCUT2D eigenvalue weighted by Crippen LogP contribution is 2.28. The lowest BCUT2D eigenvalue weighted by Crippen LogP contribution is -2.22. The van der Waals surface area contributed by atoms with Crippen molar-refractivity contribution in [3.8, 4) is 0 Å². The van der Waals surface area contributed by atoms with Crippen LogP contribution in [0.15, 0.2) is 48.1 Å². The zero-order chi connectivity index (χ0) is 11.9. The molecule has 1 fully saturated rings. The van der Waals surface area contributed by atoms with E-state index >= 15 is 0 Å². The van der Waals surface area contributed by atoms with Crippen LogP contribution in [-0.4, -0.2) is 23.1 Å². The number of hydrogen-bond donors (Lipinski definition) is 0. The largest absolute Gasteiger partial charge is 0.248 e.